The van der Waals surface area contributed by atoms with E-state index in [2.05, 4.69) is 4.98 Å². The van der Waals surface area contributed by atoms with Crippen molar-refractivity contribution in [1.29, 1.82) is 0 Å². The highest BCUT2D eigenvalue weighted by Gasteiger charge is 2.30. The Hall–Kier alpha value is -1.65. The number of carbonyl (C=O) groups is 1. The highest BCUT2D eigenvalue weighted by molar-refractivity contribution is 6.30. The number of fused-ring (bicyclic) bond motifs is 1. The van der Waals surface area contributed by atoms with Crippen LogP contribution in [0.4, 0.5) is 0 Å². The third-order valence-corrected chi connectivity index (χ3v) is 4.24. The number of amides is 1. The molecule has 1 aliphatic rings. The zero-order valence-electron chi connectivity index (χ0n) is 11.8. The van der Waals surface area contributed by atoms with E-state index in [1.807, 2.05) is 31.2 Å². The van der Waals surface area contributed by atoms with E-state index in [1.165, 1.54) is 0 Å². The Kier molecular flexibility index (Phi) is 3.59. The Morgan fingerprint density at radius 3 is 2.71 bits per heavy atom. The molecule has 0 radical (unpaired) electrons. The fourth-order valence-corrected chi connectivity index (χ4v) is 2.88. The van der Waals surface area contributed by atoms with Gasteiger partial charge in [0.15, 0.2) is 0 Å². The summed E-state index contributed by atoms with van der Waals surface area (Å²) in [7, 11) is 0. The molecule has 1 amide bonds. The van der Waals surface area contributed by atoms with Gasteiger partial charge in [-0.05, 0) is 31.9 Å². The van der Waals surface area contributed by atoms with Gasteiger partial charge in [0.2, 0.25) is 0 Å². The maximum Gasteiger partial charge on any atom is 0.254 e. The second-order valence-corrected chi connectivity index (χ2v) is 6.19. The van der Waals surface area contributed by atoms with Crippen molar-refractivity contribution in [2.24, 2.45) is 0 Å². The van der Waals surface area contributed by atoms with Gasteiger partial charge in [-0.25, -0.2) is 4.98 Å². The minimum absolute atomic E-state index is 0.0500. The largest absolute Gasteiger partial charge is 0.390 e. The first-order chi connectivity index (χ1) is 9.96. The molecule has 0 unspecified atom stereocenters. The summed E-state index contributed by atoms with van der Waals surface area (Å²) in [6, 6.07) is 9.11. The van der Waals surface area contributed by atoms with E-state index < -0.39 is 5.60 Å². The lowest BCUT2D eigenvalue weighted by molar-refractivity contribution is -0.00196. The number of para-hydroxylation sites is 1. The van der Waals surface area contributed by atoms with Crippen LogP contribution in [0.25, 0.3) is 10.9 Å². The molecule has 4 nitrogen and oxygen atoms in total. The third-order valence-electron chi connectivity index (χ3n) is 4.04. The molecule has 0 spiro atoms. The van der Waals surface area contributed by atoms with Crippen molar-refractivity contribution in [3.63, 3.8) is 0 Å². The number of rotatable bonds is 1. The molecule has 1 aromatic heterocycles. The summed E-state index contributed by atoms with van der Waals surface area (Å²) in [6.45, 7) is 2.92. The molecule has 0 aliphatic carbocycles. The Balaban J connectivity index is 1.95. The summed E-state index contributed by atoms with van der Waals surface area (Å²) >= 11 is 6.03. The summed E-state index contributed by atoms with van der Waals surface area (Å²) in [5.41, 5.74) is 0.624. The van der Waals surface area contributed by atoms with E-state index in [-0.39, 0.29) is 5.91 Å². The number of aliphatic hydroxyl groups is 1. The molecule has 2 heterocycles. The lowest BCUT2D eigenvalue weighted by Gasteiger charge is -2.36. The molecule has 1 fully saturated rings. The average molecular weight is 305 g/mol. The number of carbonyl (C=O) groups excluding carboxylic acids is 1. The number of nitrogens with zero attached hydrogens (tertiary/aromatic N) is 2. The molecule has 0 bridgehead atoms. The molecule has 3 rings (SSSR count). The fourth-order valence-electron chi connectivity index (χ4n) is 2.68. The normalized spacial score (nSPS) is 18.0. The molecule has 110 valence electrons. The van der Waals surface area contributed by atoms with E-state index in [4.69, 9.17) is 11.6 Å². The first-order valence-corrected chi connectivity index (χ1v) is 7.41. The van der Waals surface area contributed by atoms with Crippen LogP contribution in [0.5, 0.6) is 0 Å². The summed E-state index contributed by atoms with van der Waals surface area (Å²) in [5.74, 6) is -0.0500. The fraction of sp³-hybridized carbons (Fsp3) is 0.375. The van der Waals surface area contributed by atoms with Gasteiger partial charge in [-0.2, -0.15) is 0 Å². The molecule has 1 saturated heterocycles. The van der Waals surface area contributed by atoms with Crippen LogP contribution in [0, 0.1) is 0 Å². The molecule has 21 heavy (non-hydrogen) atoms. The number of likely N-dealkylation sites (tertiary alicyclic amines) is 1. The van der Waals surface area contributed by atoms with Crippen LogP contribution < -0.4 is 0 Å². The van der Waals surface area contributed by atoms with Crippen LogP contribution in [0.3, 0.4) is 0 Å². The number of hydrogen-bond donors (Lipinski definition) is 1. The first kappa shape index (κ1) is 14.3. The van der Waals surface area contributed by atoms with Gasteiger partial charge in [0, 0.05) is 18.5 Å². The smallest absolute Gasteiger partial charge is 0.254 e. The minimum Gasteiger partial charge on any atom is -0.390 e. The van der Waals surface area contributed by atoms with Crippen molar-refractivity contribution in [3.8, 4) is 0 Å². The summed E-state index contributed by atoms with van der Waals surface area (Å²) in [5, 5.41) is 11.1. The third kappa shape index (κ3) is 2.87. The van der Waals surface area contributed by atoms with Gasteiger partial charge in [0.1, 0.15) is 5.15 Å². The van der Waals surface area contributed by atoms with Crippen molar-refractivity contribution in [2.75, 3.05) is 13.1 Å². The monoisotopic (exact) mass is 304 g/mol. The second kappa shape index (κ2) is 5.28. The van der Waals surface area contributed by atoms with Crippen LogP contribution >= 0.6 is 11.6 Å². The van der Waals surface area contributed by atoms with Crippen molar-refractivity contribution >= 4 is 28.4 Å². The number of pyridine rings is 1. The SMILES string of the molecule is CC1(O)CCN(C(=O)c2cc(Cl)nc3ccccc23)CC1. The molecule has 0 saturated carbocycles. The van der Waals surface area contributed by atoms with Gasteiger partial charge in [-0.15, -0.1) is 0 Å². The molecular formula is C16H17ClN2O2. The summed E-state index contributed by atoms with van der Waals surface area (Å²) in [6.07, 6.45) is 1.19. The number of aromatic nitrogens is 1. The molecule has 5 heteroatoms. The molecule has 2 aromatic rings. The van der Waals surface area contributed by atoms with Gasteiger partial charge >= 0.3 is 0 Å². The first-order valence-electron chi connectivity index (χ1n) is 7.03. The second-order valence-electron chi connectivity index (χ2n) is 5.80. The summed E-state index contributed by atoms with van der Waals surface area (Å²) < 4.78 is 0. The molecule has 1 N–H and O–H groups in total. The van der Waals surface area contributed by atoms with Crippen LogP contribution in [0.2, 0.25) is 5.15 Å². The van der Waals surface area contributed by atoms with E-state index in [0.717, 1.165) is 10.9 Å². The Labute approximate surface area is 128 Å². The van der Waals surface area contributed by atoms with Crippen molar-refractivity contribution < 1.29 is 9.90 Å². The Bertz CT molecular complexity index is 690. The van der Waals surface area contributed by atoms with Gasteiger partial charge in [0.25, 0.3) is 5.91 Å². The zero-order chi connectivity index (χ0) is 15.0. The van der Waals surface area contributed by atoms with Crippen LogP contribution in [-0.4, -0.2) is 39.6 Å². The Morgan fingerprint density at radius 1 is 1.33 bits per heavy atom. The van der Waals surface area contributed by atoms with Crippen molar-refractivity contribution in [1.82, 2.24) is 9.88 Å². The van der Waals surface area contributed by atoms with Gasteiger partial charge in [-0.3, -0.25) is 4.79 Å². The highest BCUT2D eigenvalue weighted by atomic mass is 35.5. The lowest BCUT2D eigenvalue weighted by atomic mass is 9.93. The maximum atomic E-state index is 12.7. The van der Waals surface area contributed by atoms with E-state index in [9.17, 15) is 9.90 Å². The summed E-state index contributed by atoms with van der Waals surface area (Å²) in [4.78, 5) is 18.8. The van der Waals surface area contributed by atoms with Crippen LogP contribution in [-0.2, 0) is 0 Å². The lowest BCUT2D eigenvalue weighted by Crippen LogP contribution is -2.45. The zero-order valence-corrected chi connectivity index (χ0v) is 12.6. The van der Waals surface area contributed by atoms with Crippen molar-refractivity contribution in [3.05, 3.63) is 41.0 Å². The van der Waals surface area contributed by atoms with Gasteiger partial charge < -0.3 is 10.0 Å². The highest BCUT2D eigenvalue weighted by Crippen LogP contribution is 2.26. The van der Waals surface area contributed by atoms with Crippen LogP contribution in [0.1, 0.15) is 30.1 Å². The standard InChI is InChI=1S/C16H17ClN2O2/c1-16(21)6-8-19(9-7-16)15(20)12-10-14(17)18-13-5-3-2-4-11(12)13/h2-5,10,21H,6-9H2,1H3. The minimum atomic E-state index is -0.672. The topological polar surface area (TPSA) is 53.4 Å². The van der Waals surface area contributed by atoms with E-state index in [1.54, 1.807) is 11.0 Å². The number of halogens is 1. The predicted octanol–water partition coefficient (Wildman–Crippen LogP) is 2.88. The number of hydrogen-bond acceptors (Lipinski definition) is 3. The molecule has 1 aliphatic heterocycles. The van der Waals surface area contributed by atoms with Crippen molar-refractivity contribution in [2.45, 2.75) is 25.4 Å². The quantitative estimate of drug-likeness (QED) is 0.824. The van der Waals surface area contributed by atoms with E-state index in [0.29, 0.717) is 36.6 Å². The molecule has 0 atom stereocenters. The Morgan fingerprint density at radius 2 is 2.00 bits per heavy atom. The molecule has 1 aromatic carbocycles. The van der Waals surface area contributed by atoms with Crippen LogP contribution in [0.15, 0.2) is 30.3 Å². The number of benzene rings is 1. The predicted molar refractivity (Wildman–Crippen MR) is 82.5 cm³/mol. The number of piperidine rings is 1. The van der Waals surface area contributed by atoms with Gasteiger partial charge in [-0.1, -0.05) is 29.8 Å². The van der Waals surface area contributed by atoms with Gasteiger partial charge in [0.05, 0.1) is 16.7 Å². The van der Waals surface area contributed by atoms with E-state index >= 15 is 0 Å². The average Bonchev–Trinajstić information content (AvgIpc) is 2.45. The maximum absolute atomic E-state index is 12.7. The molecular weight excluding hydrogens is 288 g/mol.